The summed E-state index contributed by atoms with van der Waals surface area (Å²) in [5.74, 6) is 7.07. The fraction of sp³-hybridized carbons (Fsp3) is 0.444. The Morgan fingerprint density at radius 1 is 1.25 bits per heavy atom. The number of hydrogen-bond donors (Lipinski definition) is 0. The van der Waals surface area contributed by atoms with Crippen molar-refractivity contribution >= 4 is 20.4 Å². The van der Waals surface area contributed by atoms with Crippen LogP contribution in [0.15, 0.2) is 36.4 Å². The summed E-state index contributed by atoms with van der Waals surface area (Å²) < 4.78 is 0. The van der Waals surface area contributed by atoms with Crippen LogP contribution in [0.4, 0.5) is 0 Å². The standard InChI is InChI=1S/C18H23ClSi/c1-2-13-20-14-11-17(12-15-20)6-4-3-5-16-7-9-18(19)10-8-16/h4,6-10,17,20H,2,11-15H2,1H3/b6-4+/t17-,20-. The zero-order chi connectivity index (χ0) is 14.2. The lowest BCUT2D eigenvalue weighted by atomic mass is 10.0. The lowest BCUT2D eigenvalue weighted by Crippen LogP contribution is -2.19. The Bertz CT molecular complexity index is 484. The van der Waals surface area contributed by atoms with E-state index in [0.29, 0.717) is 0 Å². The second kappa shape index (κ2) is 8.34. The van der Waals surface area contributed by atoms with Gasteiger partial charge in [0.25, 0.3) is 0 Å². The molecular weight excluding hydrogens is 280 g/mol. The zero-order valence-electron chi connectivity index (χ0n) is 12.2. The minimum absolute atomic E-state index is 0.342. The van der Waals surface area contributed by atoms with Crippen LogP contribution in [-0.2, 0) is 0 Å². The summed E-state index contributed by atoms with van der Waals surface area (Å²) in [6, 6.07) is 12.3. The summed E-state index contributed by atoms with van der Waals surface area (Å²) >= 11 is 5.85. The van der Waals surface area contributed by atoms with E-state index in [1.54, 1.807) is 6.04 Å². The molecule has 0 N–H and O–H groups in total. The van der Waals surface area contributed by atoms with Gasteiger partial charge in [-0.2, -0.15) is 0 Å². The van der Waals surface area contributed by atoms with Crippen LogP contribution in [0, 0.1) is 17.8 Å². The molecule has 1 fully saturated rings. The fourth-order valence-electron chi connectivity index (χ4n) is 2.92. The van der Waals surface area contributed by atoms with Crippen molar-refractivity contribution in [1.29, 1.82) is 0 Å². The Hall–Kier alpha value is -0.973. The van der Waals surface area contributed by atoms with Gasteiger partial charge < -0.3 is 0 Å². The van der Waals surface area contributed by atoms with Gasteiger partial charge in [-0.1, -0.05) is 61.0 Å². The van der Waals surface area contributed by atoms with E-state index in [9.17, 15) is 0 Å². The monoisotopic (exact) mass is 302 g/mol. The smallest absolute Gasteiger partial charge is 0.0406 e. The summed E-state index contributed by atoms with van der Waals surface area (Å²) in [7, 11) is -0.342. The molecule has 1 heterocycles. The Balaban J connectivity index is 1.79. The number of halogens is 1. The van der Waals surface area contributed by atoms with E-state index in [1.165, 1.54) is 31.4 Å². The van der Waals surface area contributed by atoms with Gasteiger partial charge in [-0.15, -0.1) is 0 Å². The van der Waals surface area contributed by atoms with Gasteiger partial charge in [-0.25, -0.2) is 0 Å². The van der Waals surface area contributed by atoms with Crippen molar-refractivity contribution in [3.8, 4) is 11.8 Å². The van der Waals surface area contributed by atoms with Crippen LogP contribution < -0.4 is 0 Å². The van der Waals surface area contributed by atoms with Crippen LogP contribution in [0.5, 0.6) is 0 Å². The Morgan fingerprint density at radius 2 is 1.95 bits per heavy atom. The number of hydrogen-bond acceptors (Lipinski definition) is 0. The van der Waals surface area contributed by atoms with Crippen molar-refractivity contribution in [3.05, 3.63) is 47.0 Å². The maximum Gasteiger partial charge on any atom is 0.0406 e. The lowest BCUT2D eigenvalue weighted by Gasteiger charge is -2.25. The summed E-state index contributed by atoms with van der Waals surface area (Å²) in [6.07, 6.45) is 8.55. The third-order valence-corrected chi connectivity index (χ3v) is 8.05. The van der Waals surface area contributed by atoms with Crippen molar-refractivity contribution in [2.75, 3.05) is 0 Å². The first-order valence-corrected chi connectivity index (χ1v) is 10.5. The molecule has 1 aromatic carbocycles. The van der Waals surface area contributed by atoms with E-state index in [-0.39, 0.29) is 8.80 Å². The zero-order valence-corrected chi connectivity index (χ0v) is 14.2. The van der Waals surface area contributed by atoms with Crippen LogP contribution in [0.1, 0.15) is 31.7 Å². The number of rotatable bonds is 3. The van der Waals surface area contributed by atoms with Crippen LogP contribution in [0.3, 0.4) is 0 Å². The van der Waals surface area contributed by atoms with Gasteiger partial charge in [-0.3, -0.25) is 0 Å². The molecule has 0 aromatic heterocycles. The van der Waals surface area contributed by atoms with Crippen LogP contribution >= 0.6 is 11.6 Å². The van der Waals surface area contributed by atoms with Crippen molar-refractivity contribution in [2.45, 2.75) is 44.3 Å². The molecule has 0 spiro atoms. The molecule has 0 bridgehead atoms. The summed E-state index contributed by atoms with van der Waals surface area (Å²) in [5.41, 5.74) is 1.03. The predicted octanol–water partition coefficient (Wildman–Crippen LogP) is 5.29. The van der Waals surface area contributed by atoms with Crippen molar-refractivity contribution < 1.29 is 0 Å². The third kappa shape index (κ3) is 5.19. The third-order valence-electron chi connectivity index (χ3n) is 4.10. The van der Waals surface area contributed by atoms with E-state index in [4.69, 9.17) is 11.6 Å². The summed E-state index contributed by atoms with van der Waals surface area (Å²) in [6.45, 7) is 2.32. The number of allylic oxidation sites excluding steroid dienone is 2. The molecule has 0 saturated carbocycles. The molecule has 2 rings (SSSR count). The fourth-order valence-corrected chi connectivity index (χ4v) is 6.53. The summed E-state index contributed by atoms with van der Waals surface area (Å²) in [5, 5.41) is 0.763. The highest BCUT2D eigenvalue weighted by Crippen LogP contribution is 2.28. The molecule has 0 aliphatic carbocycles. The first-order valence-electron chi connectivity index (χ1n) is 7.71. The first kappa shape index (κ1) is 15.4. The van der Waals surface area contributed by atoms with E-state index in [0.717, 1.165) is 16.5 Å². The molecule has 0 amide bonds. The normalized spacial score (nSPS) is 22.5. The molecule has 106 valence electrons. The molecule has 20 heavy (non-hydrogen) atoms. The molecule has 0 radical (unpaired) electrons. The Kier molecular flexibility index (Phi) is 6.43. The van der Waals surface area contributed by atoms with E-state index >= 15 is 0 Å². The molecule has 1 aromatic rings. The molecule has 1 aliphatic heterocycles. The van der Waals surface area contributed by atoms with Crippen LogP contribution in [0.25, 0.3) is 0 Å². The largest absolute Gasteiger partial charge is 0.0843 e. The molecule has 0 unspecified atom stereocenters. The van der Waals surface area contributed by atoms with Crippen molar-refractivity contribution in [3.63, 3.8) is 0 Å². The van der Waals surface area contributed by atoms with E-state index < -0.39 is 0 Å². The minimum atomic E-state index is -0.342. The average Bonchev–Trinajstić information content (AvgIpc) is 2.47. The molecule has 0 nitrogen and oxygen atoms in total. The lowest BCUT2D eigenvalue weighted by molar-refractivity contribution is 0.572. The van der Waals surface area contributed by atoms with Gasteiger partial charge in [0, 0.05) is 19.4 Å². The maximum absolute atomic E-state index is 5.85. The highest BCUT2D eigenvalue weighted by molar-refractivity contribution is 6.58. The highest BCUT2D eigenvalue weighted by atomic mass is 35.5. The van der Waals surface area contributed by atoms with E-state index in [2.05, 4.69) is 24.8 Å². The Labute approximate surface area is 129 Å². The molecule has 0 atom stereocenters. The predicted molar refractivity (Wildman–Crippen MR) is 92.1 cm³/mol. The van der Waals surface area contributed by atoms with Crippen LogP contribution in [0.2, 0.25) is 23.2 Å². The van der Waals surface area contributed by atoms with Gasteiger partial charge in [0.05, 0.1) is 0 Å². The Morgan fingerprint density at radius 3 is 2.60 bits per heavy atom. The van der Waals surface area contributed by atoms with Crippen LogP contribution in [-0.4, -0.2) is 8.80 Å². The number of benzene rings is 1. The van der Waals surface area contributed by atoms with E-state index in [1.807, 2.05) is 30.3 Å². The summed E-state index contributed by atoms with van der Waals surface area (Å²) in [4.78, 5) is 0. The molecule has 1 saturated heterocycles. The highest BCUT2D eigenvalue weighted by Gasteiger charge is 2.19. The molecular formula is C18H23ClSi. The van der Waals surface area contributed by atoms with Crippen molar-refractivity contribution in [2.24, 2.45) is 5.92 Å². The average molecular weight is 303 g/mol. The van der Waals surface area contributed by atoms with Gasteiger partial charge in [-0.05, 0) is 49.1 Å². The maximum atomic E-state index is 5.85. The minimum Gasteiger partial charge on any atom is -0.0843 e. The van der Waals surface area contributed by atoms with Gasteiger partial charge in [0.2, 0.25) is 0 Å². The molecule has 1 aliphatic rings. The second-order valence-corrected chi connectivity index (χ2v) is 9.61. The first-order chi connectivity index (χ1) is 9.78. The van der Waals surface area contributed by atoms with Crippen molar-refractivity contribution in [1.82, 2.24) is 0 Å². The molecule has 2 heteroatoms. The topological polar surface area (TPSA) is 0 Å². The van der Waals surface area contributed by atoms with Gasteiger partial charge in [0.15, 0.2) is 0 Å². The SMILES string of the molecule is CCC[Si@H]1CC[C@H](/C=C/C#Cc2ccc(Cl)cc2)CC1. The quantitative estimate of drug-likeness (QED) is 0.525. The second-order valence-electron chi connectivity index (χ2n) is 5.70. The van der Waals surface area contributed by atoms with Gasteiger partial charge >= 0.3 is 0 Å². The van der Waals surface area contributed by atoms with Gasteiger partial charge in [0.1, 0.15) is 0 Å².